The van der Waals surface area contributed by atoms with Gasteiger partial charge in [0.1, 0.15) is 5.60 Å². The van der Waals surface area contributed by atoms with Crippen molar-refractivity contribution in [3.63, 3.8) is 0 Å². The Labute approximate surface area is 138 Å². The number of aromatic nitrogens is 2. The molecule has 2 atom stereocenters. The molecule has 128 valence electrons. The van der Waals surface area contributed by atoms with Crippen LogP contribution in [0.3, 0.4) is 0 Å². The standard InChI is InChI=1S/C17H27N3O3/c1-13(15-10-18-7-8-19-15)22-12-14-6-5-9-20(11-14)16(21)23-17(2,3)4/h7-8,10,13-14H,5-6,9,11-12H2,1-4H3/t13-,14+/m1/s1. The number of likely N-dealkylation sites (tertiary alicyclic amines) is 1. The molecule has 6 nitrogen and oxygen atoms in total. The van der Waals surface area contributed by atoms with Crippen LogP contribution in [0.15, 0.2) is 18.6 Å². The average molecular weight is 321 g/mol. The zero-order valence-electron chi connectivity index (χ0n) is 14.5. The van der Waals surface area contributed by atoms with E-state index in [1.54, 1.807) is 23.5 Å². The molecule has 2 rings (SSSR count). The lowest BCUT2D eigenvalue weighted by Gasteiger charge is -2.34. The van der Waals surface area contributed by atoms with Gasteiger partial charge in [-0.2, -0.15) is 0 Å². The second-order valence-electron chi connectivity index (χ2n) is 7.04. The minimum atomic E-state index is -0.457. The van der Waals surface area contributed by atoms with Crippen molar-refractivity contribution in [3.05, 3.63) is 24.3 Å². The molecule has 0 radical (unpaired) electrons. The average Bonchev–Trinajstić information content (AvgIpc) is 2.52. The lowest BCUT2D eigenvalue weighted by atomic mass is 9.99. The van der Waals surface area contributed by atoms with Crippen molar-refractivity contribution in [2.45, 2.75) is 52.2 Å². The summed E-state index contributed by atoms with van der Waals surface area (Å²) in [6.07, 6.45) is 6.75. The van der Waals surface area contributed by atoms with E-state index in [9.17, 15) is 4.79 Å². The van der Waals surface area contributed by atoms with Crippen LogP contribution < -0.4 is 0 Å². The van der Waals surface area contributed by atoms with Crippen molar-refractivity contribution in [1.82, 2.24) is 14.9 Å². The summed E-state index contributed by atoms with van der Waals surface area (Å²) < 4.78 is 11.4. The van der Waals surface area contributed by atoms with E-state index >= 15 is 0 Å². The summed E-state index contributed by atoms with van der Waals surface area (Å²) >= 11 is 0. The Morgan fingerprint density at radius 2 is 2.22 bits per heavy atom. The number of rotatable bonds is 4. The predicted molar refractivity (Wildman–Crippen MR) is 86.9 cm³/mol. The highest BCUT2D eigenvalue weighted by Gasteiger charge is 2.28. The topological polar surface area (TPSA) is 64.5 Å². The summed E-state index contributed by atoms with van der Waals surface area (Å²) in [7, 11) is 0. The van der Waals surface area contributed by atoms with Gasteiger partial charge in [-0.05, 0) is 40.5 Å². The molecule has 6 heteroatoms. The van der Waals surface area contributed by atoms with Crippen molar-refractivity contribution < 1.29 is 14.3 Å². The number of carbonyl (C=O) groups is 1. The largest absolute Gasteiger partial charge is 0.444 e. The summed E-state index contributed by atoms with van der Waals surface area (Å²) in [5.74, 6) is 0.329. The summed E-state index contributed by atoms with van der Waals surface area (Å²) in [6, 6.07) is 0. The normalized spacial score (nSPS) is 20.2. The van der Waals surface area contributed by atoms with Crippen LogP contribution in [0.4, 0.5) is 4.79 Å². The molecule has 2 heterocycles. The molecule has 1 saturated heterocycles. The van der Waals surface area contributed by atoms with Crippen LogP contribution in [0.5, 0.6) is 0 Å². The maximum Gasteiger partial charge on any atom is 0.410 e. The first-order chi connectivity index (χ1) is 10.8. The van der Waals surface area contributed by atoms with Crippen LogP contribution in [-0.4, -0.2) is 46.3 Å². The molecular formula is C17H27N3O3. The molecule has 1 fully saturated rings. The Morgan fingerprint density at radius 1 is 1.43 bits per heavy atom. The van der Waals surface area contributed by atoms with E-state index in [2.05, 4.69) is 9.97 Å². The molecule has 0 unspecified atom stereocenters. The monoisotopic (exact) mass is 321 g/mol. The molecule has 1 aromatic rings. The van der Waals surface area contributed by atoms with E-state index < -0.39 is 5.60 Å². The minimum Gasteiger partial charge on any atom is -0.444 e. The SMILES string of the molecule is C[C@@H](OC[C@H]1CCCN(C(=O)OC(C)(C)C)C1)c1cnccn1. The molecule has 0 N–H and O–H groups in total. The fourth-order valence-electron chi connectivity index (χ4n) is 2.58. The second-order valence-corrected chi connectivity index (χ2v) is 7.04. The van der Waals surface area contributed by atoms with Gasteiger partial charge in [0.2, 0.25) is 0 Å². The van der Waals surface area contributed by atoms with Crippen molar-refractivity contribution >= 4 is 6.09 Å². The Hall–Kier alpha value is -1.69. The number of nitrogens with zero attached hydrogens (tertiary/aromatic N) is 3. The zero-order valence-corrected chi connectivity index (χ0v) is 14.5. The minimum absolute atomic E-state index is 0.0967. The van der Waals surface area contributed by atoms with Crippen LogP contribution in [0.25, 0.3) is 0 Å². The molecule has 1 amide bonds. The van der Waals surface area contributed by atoms with Gasteiger partial charge in [0.05, 0.1) is 24.6 Å². The molecule has 0 saturated carbocycles. The third kappa shape index (κ3) is 5.78. The predicted octanol–water partition coefficient (Wildman–Crippen LogP) is 3.20. The first kappa shape index (κ1) is 17.7. The number of carbonyl (C=O) groups excluding carboxylic acids is 1. The van der Waals surface area contributed by atoms with Gasteiger partial charge in [-0.15, -0.1) is 0 Å². The van der Waals surface area contributed by atoms with E-state index in [1.165, 1.54) is 0 Å². The first-order valence-corrected chi connectivity index (χ1v) is 8.20. The quantitative estimate of drug-likeness (QED) is 0.852. The van der Waals surface area contributed by atoms with Crippen molar-refractivity contribution in [3.8, 4) is 0 Å². The number of hydrogen-bond acceptors (Lipinski definition) is 5. The van der Waals surface area contributed by atoms with Crippen molar-refractivity contribution in [1.29, 1.82) is 0 Å². The molecule has 0 spiro atoms. The van der Waals surface area contributed by atoms with Gasteiger partial charge in [0.15, 0.2) is 0 Å². The van der Waals surface area contributed by atoms with Crippen molar-refractivity contribution in [2.75, 3.05) is 19.7 Å². The molecule has 0 aromatic carbocycles. The third-order valence-corrected chi connectivity index (χ3v) is 3.75. The first-order valence-electron chi connectivity index (χ1n) is 8.20. The maximum absolute atomic E-state index is 12.2. The van der Waals surface area contributed by atoms with Crippen LogP contribution in [0, 0.1) is 5.92 Å². The fourth-order valence-corrected chi connectivity index (χ4v) is 2.58. The summed E-state index contributed by atoms with van der Waals surface area (Å²) in [5, 5.41) is 0. The van der Waals surface area contributed by atoms with Gasteiger partial charge in [-0.25, -0.2) is 4.79 Å². The molecule has 1 aliphatic rings. The summed E-state index contributed by atoms with van der Waals surface area (Å²) in [5.41, 5.74) is 0.369. The molecular weight excluding hydrogens is 294 g/mol. The number of hydrogen-bond donors (Lipinski definition) is 0. The molecule has 1 aliphatic heterocycles. The van der Waals surface area contributed by atoms with Crippen LogP contribution in [0.1, 0.15) is 52.3 Å². The van der Waals surface area contributed by atoms with Gasteiger partial charge < -0.3 is 14.4 Å². The maximum atomic E-state index is 12.2. The van der Waals surface area contributed by atoms with E-state index in [1.807, 2.05) is 27.7 Å². The highest BCUT2D eigenvalue weighted by atomic mass is 16.6. The lowest BCUT2D eigenvalue weighted by molar-refractivity contribution is -0.00468. The van der Waals surface area contributed by atoms with Crippen molar-refractivity contribution in [2.24, 2.45) is 5.92 Å². The Kier molecular flexibility index (Phi) is 5.93. The number of ether oxygens (including phenoxy) is 2. The smallest absolute Gasteiger partial charge is 0.410 e. The van der Waals surface area contributed by atoms with E-state index in [-0.39, 0.29) is 12.2 Å². The third-order valence-electron chi connectivity index (χ3n) is 3.75. The lowest BCUT2D eigenvalue weighted by Crippen LogP contribution is -2.43. The van der Waals surface area contributed by atoms with Crippen LogP contribution >= 0.6 is 0 Å². The zero-order chi connectivity index (χ0) is 16.9. The van der Waals surface area contributed by atoms with Crippen LogP contribution in [-0.2, 0) is 9.47 Å². The van der Waals surface area contributed by atoms with Gasteiger partial charge in [0, 0.05) is 31.4 Å². The highest BCUT2D eigenvalue weighted by molar-refractivity contribution is 5.68. The summed E-state index contributed by atoms with van der Waals surface area (Å²) in [4.78, 5) is 22.3. The van der Waals surface area contributed by atoms with Gasteiger partial charge in [-0.1, -0.05) is 0 Å². The number of piperidine rings is 1. The van der Waals surface area contributed by atoms with Gasteiger partial charge in [-0.3, -0.25) is 9.97 Å². The van der Waals surface area contributed by atoms with E-state index in [4.69, 9.17) is 9.47 Å². The Bertz CT molecular complexity index is 502. The fraction of sp³-hybridized carbons (Fsp3) is 0.706. The number of amides is 1. The molecule has 23 heavy (non-hydrogen) atoms. The molecule has 0 bridgehead atoms. The summed E-state index contributed by atoms with van der Waals surface area (Å²) in [6.45, 7) is 9.68. The second kappa shape index (κ2) is 7.73. The highest BCUT2D eigenvalue weighted by Crippen LogP contribution is 2.22. The Morgan fingerprint density at radius 3 is 2.87 bits per heavy atom. The molecule has 0 aliphatic carbocycles. The Balaban J connectivity index is 1.81. The van der Waals surface area contributed by atoms with E-state index in [0.717, 1.165) is 25.1 Å². The van der Waals surface area contributed by atoms with Gasteiger partial charge in [0.25, 0.3) is 0 Å². The van der Waals surface area contributed by atoms with E-state index in [0.29, 0.717) is 19.1 Å². The van der Waals surface area contributed by atoms with Gasteiger partial charge >= 0.3 is 6.09 Å². The van der Waals surface area contributed by atoms with Crippen LogP contribution in [0.2, 0.25) is 0 Å². The molecule has 1 aromatic heterocycles.